The summed E-state index contributed by atoms with van der Waals surface area (Å²) in [6.45, 7) is 6.51. The first kappa shape index (κ1) is 22.7. The van der Waals surface area contributed by atoms with E-state index in [1.807, 2.05) is 67.8 Å². The molecule has 0 spiro atoms. The Morgan fingerprint density at radius 1 is 1.17 bits per heavy atom. The number of aromatic amines is 1. The fraction of sp³-hybridized carbons (Fsp3) is 0.296. The highest BCUT2D eigenvalue weighted by molar-refractivity contribution is 5.95. The molecule has 8 heteroatoms. The molecule has 0 aliphatic carbocycles. The minimum absolute atomic E-state index is 0.182. The number of H-pyrrole nitrogens is 1. The van der Waals surface area contributed by atoms with Crippen LogP contribution in [0.5, 0.6) is 11.5 Å². The number of fused-ring (bicyclic) bond motifs is 2. The third kappa shape index (κ3) is 4.39. The lowest BCUT2D eigenvalue weighted by molar-refractivity contribution is 0.0935. The lowest BCUT2D eigenvalue weighted by Crippen LogP contribution is -2.34. The minimum Gasteiger partial charge on any atom is -0.454 e. The molecule has 0 bridgehead atoms. The molecule has 0 unspecified atom stereocenters. The van der Waals surface area contributed by atoms with Crippen LogP contribution in [0.2, 0.25) is 0 Å². The maximum Gasteiger partial charge on any atom is 0.257 e. The minimum atomic E-state index is -0.397. The summed E-state index contributed by atoms with van der Waals surface area (Å²) in [6, 6.07) is 14.6. The van der Waals surface area contributed by atoms with Crippen LogP contribution in [0.15, 0.2) is 53.3 Å². The highest BCUT2D eigenvalue weighted by Gasteiger charge is 2.23. The summed E-state index contributed by atoms with van der Waals surface area (Å²) < 4.78 is 13.0. The molecule has 3 heterocycles. The second-order valence-corrected chi connectivity index (χ2v) is 8.83. The highest BCUT2D eigenvalue weighted by Crippen LogP contribution is 2.33. The maximum atomic E-state index is 13.4. The fourth-order valence-electron chi connectivity index (χ4n) is 4.53. The predicted molar refractivity (Wildman–Crippen MR) is 133 cm³/mol. The molecule has 35 heavy (non-hydrogen) atoms. The van der Waals surface area contributed by atoms with Crippen LogP contribution in [0, 0.1) is 6.92 Å². The van der Waals surface area contributed by atoms with Crippen molar-refractivity contribution in [2.75, 3.05) is 6.79 Å². The SMILES string of the molecule is CCCc1c(C(=O)N[C@@H](C)c2nc3ccccc3[nH]2)c(=O)cc(C)n1Cc1ccc2c(c1)OCO2. The number of nitrogens with one attached hydrogen (secondary N) is 2. The Morgan fingerprint density at radius 2 is 1.97 bits per heavy atom. The van der Waals surface area contributed by atoms with E-state index >= 15 is 0 Å². The number of aryl methyl sites for hydroxylation is 1. The summed E-state index contributed by atoms with van der Waals surface area (Å²) >= 11 is 0. The smallest absolute Gasteiger partial charge is 0.257 e. The second-order valence-electron chi connectivity index (χ2n) is 8.83. The zero-order chi connectivity index (χ0) is 24.5. The monoisotopic (exact) mass is 472 g/mol. The first-order valence-electron chi connectivity index (χ1n) is 11.8. The lowest BCUT2D eigenvalue weighted by Gasteiger charge is -2.21. The Bertz CT molecular complexity index is 1440. The normalized spacial score (nSPS) is 13.2. The zero-order valence-corrected chi connectivity index (χ0v) is 20.1. The van der Waals surface area contributed by atoms with Crippen LogP contribution >= 0.6 is 0 Å². The van der Waals surface area contributed by atoms with Crippen molar-refractivity contribution in [2.45, 2.75) is 46.2 Å². The number of carbonyl (C=O) groups excluding carboxylic acids is 1. The van der Waals surface area contributed by atoms with Crippen LogP contribution in [-0.4, -0.2) is 27.2 Å². The second kappa shape index (κ2) is 9.29. The van der Waals surface area contributed by atoms with Gasteiger partial charge in [-0.05, 0) is 50.1 Å². The summed E-state index contributed by atoms with van der Waals surface area (Å²) in [4.78, 5) is 34.3. The number of aromatic nitrogens is 3. The summed E-state index contributed by atoms with van der Waals surface area (Å²) in [5, 5.41) is 2.98. The van der Waals surface area contributed by atoms with Crippen LogP contribution in [0.3, 0.4) is 0 Å². The number of pyridine rings is 1. The van der Waals surface area contributed by atoms with E-state index in [9.17, 15) is 9.59 Å². The Hall–Kier alpha value is -4.07. The van der Waals surface area contributed by atoms with E-state index in [4.69, 9.17) is 9.47 Å². The average molecular weight is 473 g/mol. The van der Waals surface area contributed by atoms with Gasteiger partial charge in [-0.3, -0.25) is 9.59 Å². The number of nitrogens with zero attached hydrogens (tertiary/aromatic N) is 2. The van der Waals surface area contributed by atoms with Crippen LogP contribution in [0.4, 0.5) is 0 Å². The van der Waals surface area contributed by atoms with Gasteiger partial charge in [0.25, 0.3) is 5.91 Å². The van der Waals surface area contributed by atoms with Gasteiger partial charge in [0.05, 0.1) is 17.1 Å². The van der Waals surface area contributed by atoms with Crippen molar-refractivity contribution in [2.24, 2.45) is 0 Å². The molecule has 2 N–H and O–H groups in total. The van der Waals surface area contributed by atoms with Crippen molar-refractivity contribution in [3.05, 3.63) is 87.1 Å². The van der Waals surface area contributed by atoms with Crippen LogP contribution in [0.1, 0.15) is 59.4 Å². The Labute approximate surface area is 202 Å². The number of hydrogen-bond donors (Lipinski definition) is 2. The van der Waals surface area contributed by atoms with Crippen molar-refractivity contribution in [1.29, 1.82) is 0 Å². The molecule has 1 atom stereocenters. The molecule has 0 saturated carbocycles. The van der Waals surface area contributed by atoms with Crippen molar-refractivity contribution < 1.29 is 14.3 Å². The van der Waals surface area contributed by atoms with Crippen molar-refractivity contribution in [3.63, 3.8) is 0 Å². The molecule has 180 valence electrons. The van der Waals surface area contributed by atoms with E-state index in [-0.39, 0.29) is 17.8 Å². The molecule has 1 aliphatic heterocycles. The summed E-state index contributed by atoms with van der Waals surface area (Å²) in [7, 11) is 0. The van der Waals surface area contributed by atoms with Crippen molar-refractivity contribution in [1.82, 2.24) is 19.9 Å². The van der Waals surface area contributed by atoms with Gasteiger partial charge in [0.1, 0.15) is 11.4 Å². The van der Waals surface area contributed by atoms with Gasteiger partial charge >= 0.3 is 0 Å². The molecule has 0 saturated heterocycles. The molecular formula is C27H28N4O4. The summed E-state index contributed by atoms with van der Waals surface area (Å²) in [5.41, 5.74) is 4.17. The summed E-state index contributed by atoms with van der Waals surface area (Å²) in [5.74, 6) is 1.67. The third-order valence-electron chi connectivity index (χ3n) is 6.28. The molecule has 2 aromatic heterocycles. The molecule has 0 fully saturated rings. The van der Waals surface area contributed by atoms with Gasteiger partial charge in [-0.25, -0.2) is 4.98 Å². The maximum absolute atomic E-state index is 13.4. The third-order valence-corrected chi connectivity index (χ3v) is 6.28. The Kier molecular flexibility index (Phi) is 6.03. The fourth-order valence-corrected chi connectivity index (χ4v) is 4.53. The molecular weight excluding hydrogens is 444 g/mol. The molecule has 0 radical (unpaired) electrons. The van der Waals surface area contributed by atoms with Crippen LogP contribution < -0.4 is 20.2 Å². The number of carbonyl (C=O) groups is 1. The number of imidazole rings is 1. The van der Waals surface area contributed by atoms with Gasteiger partial charge in [0.2, 0.25) is 6.79 Å². The Balaban J connectivity index is 1.47. The van der Waals surface area contributed by atoms with Gasteiger partial charge in [-0.2, -0.15) is 0 Å². The van der Waals surface area contributed by atoms with Gasteiger partial charge < -0.3 is 24.3 Å². The van der Waals surface area contributed by atoms with Gasteiger partial charge in [0.15, 0.2) is 16.9 Å². The quantitative estimate of drug-likeness (QED) is 0.419. The molecule has 1 aliphatic rings. The van der Waals surface area contributed by atoms with Crippen LogP contribution in [0.25, 0.3) is 11.0 Å². The van der Waals surface area contributed by atoms with Gasteiger partial charge in [-0.1, -0.05) is 31.5 Å². The number of hydrogen-bond acceptors (Lipinski definition) is 5. The standard InChI is InChI=1S/C27H28N4O4/c1-4-7-21-25(27(33)28-17(3)26-29-19-8-5-6-9-20(19)30-26)22(32)12-16(2)31(21)14-18-10-11-23-24(13-18)35-15-34-23/h5-6,8-13,17H,4,7,14-15H2,1-3H3,(H,28,33)(H,29,30)/t17-/m0/s1. The predicted octanol–water partition coefficient (Wildman–Crippen LogP) is 4.25. The largest absolute Gasteiger partial charge is 0.454 e. The highest BCUT2D eigenvalue weighted by atomic mass is 16.7. The molecule has 8 nitrogen and oxygen atoms in total. The Morgan fingerprint density at radius 3 is 2.77 bits per heavy atom. The van der Waals surface area contributed by atoms with E-state index in [0.29, 0.717) is 24.5 Å². The van der Waals surface area contributed by atoms with Crippen LogP contribution in [-0.2, 0) is 13.0 Å². The van der Waals surface area contributed by atoms with E-state index in [1.54, 1.807) is 0 Å². The van der Waals surface area contributed by atoms with Gasteiger partial charge in [0, 0.05) is 24.0 Å². The van der Waals surface area contributed by atoms with E-state index < -0.39 is 11.9 Å². The number of para-hydroxylation sites is 2. The zero-order valence-electron chi connectivity index (χ0n) is 20.1. The molecule has 2 aromatic carbocycles. The summed E-state index contributed by atoms with van der Waals surface area (Å²) in [6.07, 6.45) is 1.40. The number of amides is 1. The number of rotatable bonds is 7. The molecule has 1 amide bonds. The van der Waals surface area contributed by atoms with E-state index in [0.717, 1.165) is 40.2 Å². The molecule has 5 rings (SSSR count). The lowest BCUT2D eigenvalue weighted by atomic mass is 10.0. The number of ether oxygens (including phenoxy) is 2. The van der Waals surface area contributed by atoms with E-state index in [1.165, 1.54) is 6.07 Å². The topological polar surface area (TPSA) is 98.2 Å². The first-order chi connectivity index (χ1) is 16.9. The molecule has 4 aromatic rings. The van der Waals surface area contributed by atoms with E-state index in [2.05, 4.69) is 15.3 Å². The number of benzene rings is 2. The average Bonchev–Trinajstić information content (AvgIpc) is 3.48. The van der Waals surface area contributed by atoms with Gasteiger partial charge in [-0.15, -0.1) is 0 Å². The first-order valence-corrected chi connectivity index (χ1v) is 11.8. The van der Waals surface area contributed by atoms with Crippen molar-refractivity contribution in [3.8, 4) is 11.5 Å². The van der Waals surface area contributed by atoms with Crippen molar-refractivity contribution >= 4 is 16.9 Å².